The van der Waals surface area contributed by atoms with Crippen LogP contribution in [0.4, 0.5) is 0 Å². The van der Waals surface area contributed by atoms with Crippen molar-refractivity contribution in [1.82, 2.24) is 0 Å². The molecule has 130 valence electrons. The minimum absolute atomic E-state index is 0.0226. The third-order valence-electron chi connectivity index (χ3n) is 4.83. The molecule has 0 aliphatic carbocycles. The maximum atomic E-state index is 10.1. The third-order valence-corrected chi connectivity index (χ3v) is 9.30. The molecule has 0 unspecified atom stereocenters. The molecule has 2 rings (SSSR count). The van der Waals surface area contributed by atoms with Gasteiger partial charge in [-0.2, -0.15) is 0 Å². The number of aliphatic hydroxyl groups excluding tert-OH is 2. The van der Waals surface area contributed by atoms with E-state index in [1.165, 1.54) is 0 Å². The highest BCUT2D eigenvalue weighted by Crippen LogP contribution is 2.44. The fourth-order valence-electron chi connectivity index (χ4n) is 2.57. The summed E-state index contributed by atoms with van der Waals surface area (Å²) in [5, 5.41) is 19.4. The first-order valence-corrected chi connectivity index (χ1v) is 10.8. The Hall–Kier alpha value is -0.0231. The zero-order chi connectivity index (χ0) is 16.9. The normalized spacial score (nSPS) is 36.4. The van der Waals surface area contributed by atoms with Gasteiger partial charge < -0.3 is 28.8 Å². The van der Waals surface area contributed by atoms with Crippen LogP contribution in [0.1, 0.15) is 34.6 Å². The van der Waals surface area contributed by atoms with Crippen molar-refractivity contribution in [2.75, 3.05) is 6.61 Å². The number of ether oxygens (including phenoxy) is 3. The Morgan fingerprint density at radius 3 is 2.32 bits per heavy atom. The molecule has 2 aliphatic rings. The van der Waals surface area contributed by atoms with Gasteiger partial charge in [-0.3, -0.25) is 0 Å². The van der Waals surface area contributed by atoms with Crippen molar-refractivity contribution in [1.29, 1.82) is 0 Å². The number of hydrogen-bond donors (Lipinski definition) is 2. The average molecular weight is 334 g/mol. The lowest BCUT2D eigenvalue weighted by Gasteiger charge is -2.41. The van der Waals surface area contributed by atoms with Crippen LogP contribution in [-0.2, 0) is 18.6 Å². The van der Waals surface area contributed by atoms with Gasteiger partial charge in [0.05, 0.1) is 6.61 Å². The van der Waals surface area contributed by atoms with Crippen LogP contribution in [0.15, 0.2) is 0 Å². The van der Waals surface area contributed by atoms with Gasteiger partial charge in [-0.1, -0.05) is 20.8 Å². The zero-order valence-corrected chi connectivity index (χ0v) is 15.6. The van der Waals surface area contributed by atoms with Gasteiger partial charge in [0.25, 0.3) is 0 Å². The van der Waals surface area contributed by atoms with Gasteiger partial charge in [0.2, 0.25) is 0 Å². The van der Waals surface area contributed by atoms with Gasteiger partial charge in [-0.15, -0.1) is 0 Å². The lowest BCUT2D eigenvalue weighted by molar-refractivity contribution is -0.226. The van der Waals surface area contributed by atoms with E-state index in [9.17, 15) is 10.2 Å². The van der Waals surface area contributed by atoms with E-state index in [2.05, 4.69) is 33.9 Å². The van der Waals surface area contributed by atoms with E-state index in [1.54, 1.807) is 0 Å². The van der Waals surface area contributed by atoms with E-state index in [4.69, 9.17) is 18.6 Å². The van der Waals surface area contributed by atoms with Gasteiger partial charge in [-0.05, 0) is 32.0 Å². The minimum atomic E-state index is -2.08. The van der Waals surface area contributed by atoms with Gasteiger partial charge >= 0.3 is 0 Å². The summed E-state index contributed by atoms with van der Waals surface area (Å²) in [4.78, 5) is 0. The molecular weight excluding hydrogens is 304 g/mol. The lowest BCUT2D eigenvalue weighted by Crippen LogP contribution is -2.52. The Labute approximate surface area is 133 Å². The molecule has 0 amide bonds. The minimum Gasteiger partial charge on any atom is -0.408 e. The Morgan fingerprint density at radius 2 is 1.82 bits per heavy atom. The maximum Gasteiger partial charge on any atom is 0.192 e. The number of rotatable bonds is 4. The first kappa shape index (κ1) is 18.3. The molecule has 0 radical (unpaired) electrons. The quantitative estimate of drug-likeness (QED) is 0.761. The lowest BCUT2D eigenvalue weighted by atomic mass is 10.1. The summed E-state index contributed by atoms with van der Waals surface area (Å²) in [6, 6.07) is 0. The molecule has 0 aromatic heterocycles. The van der Waals surface area contributed by atoms with Crippen LogP contribution in [0.25, 0.3) is 0 Å². The largest absolute Gasteiger partial charge is 0.408 e. The summed E-state index contributed by atoms with van der Waals surface area (Å²) >= 11 is 0. The van der Waals surface area contributed by atoms with Gasteiger partial charge in [-0.25, -0.2) is 0 Å². The second-order valence-electron chi connectivity index (χ2n) is 8.16. The molecule has 0 aromatic rings. The molecule has 0 aromatic carbocycles. The number of aliphatic hydroxyl groups is 2. The van der Waals surface area contributed by atoms with Crippen molar-refractivity contribution in [3.8, 4) is 0 Å². The van der Waals surface area contributed by atoms with Crippen molar-refractivity contribution in [3.05, 3.63) is 0 Å². The zero-order valence-electron chi connectivity index (χ0n) is 14.6. The molecule has 0 saturated carbocycles. The Bertz CT molecular complexity index is 405. The summed E-state index contributed by atoms with van der Waals surface area (Å²) in [5.74, 6) is -0.737. The fourth-order valence-corrected chi connectivity index (χ4v) is 3.87. The molecule has 2 saturated heterocycles. The van der Waals surface area contributed by atoms with Crippen molar-refractivity contribution in [2.45, 2.75) is 89.2 Å². The Balaban J connectivity index is 2.23. The van der Waals surface area contributed by atoms with Gasteiger partial charge in [0.15, 0.2) is 20.4 Å². The monoisotopic (exact) mass is 334 g/mol. The Morgan fingerprint density at radius 1 is 1.23 bits per heavy atom. The van der Waals surface area contributed by atoms with Crippen LogP contribution < -0.4 is 0 Å². The van der Waals surface area contributed by atoms with E-state index < -0.39 is 44.8 Å². The van der Waals surface area contributed by atoms with E-state index in [-0.39, 0.29) is 11.6 Å². The van der Waals surface area contributed by atoms with Crippen LogP contribution in [0.3, 0.4) is 0 Å². The van der Waals surface area contributed by atoms with Crippen molar-refractivity contribution in [2.24, 2.45) is 0 Å². The maximum absolute atomic E-state index is 10.1. The molecular formula is C15H30O6Si. The summed E-state index contributed by atoms with van der Waals surface area (Å²) in [6.45, 7) is 14.0. The van der Waals surface area contributed by atoms with Gasteiger partial charge in [0, 0.05) is 0 Å². The van der Waals surface area contributed by atoms with Crippen LogP contribution in [0.5, 0.6) is 0 Å². The third kappa shape index (κ3) is 3.40. The second-order valence-corrected chi connectivity index (χ2v) is 12.9. The summed E-state index contributed by atoms with van der Waals surface area (Å²) in [5.41, 5.74) is 0. The van der Waals surface area contributed by atoms with Crippen molar-refractivity contribution >= 4 is 8.32 Å². The fraction of sp³-hybridized carbons (Fsp3) is 1.00. The summed E-state index contributed by atoms with van der Waals surface area (Å²) in [6.07, 6.45) is -3.08. The predicted octanol–water partition coefficient (Wildman–Crippen LogP) is 1.61. The van der Waals surface area contributed by atoms with E-state index in [0.29, 0.717) is 0 Å². The first-order chi connectivity index (χ1) is 9.88. The highest BCUT2D eigenvalue weighted by Gasteiger charge is 2.58. The topological polar surface area (TPSA) is 77.4 Å². The van der Waals surface area contributed by atoms with Crippen molar-refractivity contribution in [3.63, 3.8) is 0 Å². The molecule has 5 atom stereocenters. The highest BCUT2D eigenvalue weighted by molar-refractivity contribution is 6.74. The van der Waals surface area contributed by atoms with E-state index in [0.717, 1.165) is 0 Å². The first-order valence-electron chi connectivity index (χ1n) is 7.86. The Kier molecular flexibility index (Phi) is 4.83. The number of hydrogen-bond acceptors (Lipinski definition) is 6. The molecule has 7 heteroatoms. The molecule has 0 bridgehead atoms. The molecule has 2 fully saturated rings. The van der Waals surface area contributed by atoms with Crippen LogP contribution >= 0.6 is 0 Å². The molecule has 6 nitrogen and oxygen atoms in total. The van der Waals surface area contributed by atoms with Gasteiger partial charge in [0.1, 0.15) is 24.4 Å². The van der Waals surface area contributed by atoms with Crippen LogP contribution in [-0.4, -0.2) is 61.6 Å². The molecule has 2 heterocycles. The average Bonchev–Trinajstić information content (AvgIpc) is 2.80. The van der Waals surface area contributed by atoms with E-state index >= 15 is 0 Å². The molecule has 2 aliphatic heterocycles. The predicted molar refractivity (Wildman–Crippen MR) is 83.9 cm³/mol. The second kappa shape index (κ2) is 5.80. The summed E-state index contributed by atoms with van der Waals surface area (Å²) < 4.78 is 23.9. The molecule has 0 spiro atoms. The summed E-state index contributed by atoms with van der Waals surface area (Å²) in [7, 11) is -2.08. The molecule has 2 N–H and O–H groups in total. The standard InChI is InChI=1S/C15H30O6Si/c1-14(2,3)22(6,7)21-11-10(9(17)8-16)18-13-12(11)19-15(4,5)20-13/h9-13,16-17H,8H2,1-7H3/t9-,10+,11-,12+,13+/m0/s1. The van der Waals surface area contributed by atoms with Crippen molar-refractivity contribution < 1.29 is 28.8 Å². The molecule has 22 heavy (non-hydrogen) atoms. The van der Waals surface area contributed by atoms with E-state index in [1.807, 2.05) is 13.8 Å². The highest BCUT2D eigenvalue weighted by atomic mass is 28.4. The smallest absolute Gasteiger partial charge is 0.192 e. The SMILES string of the molecule is CC1(C)O[C@H]2O[C@H]([C@@H](O)CO)[C@H](O[Si](C)(C)C(C)(C)C)[C@H]2O1. The number of fused-ring (bicyclic) bond motifs is 1. The van der Waals surface area contributed by atoms with Crippen LogP contribution in [0.2, 0.25) is 18.1 Å². The van der Waals surface area contributed by atoms with Crippen LogP contribution in [0, 0.1) is 0 Å².